The van der Waals surface area contributed by atoms with Gasteiger partial charge in [0.15, 0.2) is 12.6 Å². The fourth-order valence-corrected chi connectivity index (χ4v) is 9.16. The molecule has 2 aliphatic heterocycles. The summed E-state index contributed by atoms with van der Waals surface area (Å²) in [6.07, 6.45) is 29.9. The Balaban J connectivity index is 1.71. The van der Waals surface area contributed by atoms with Crippen molar-refractivity contribution in [1.29, 1.82) is 0 Å². The number of aliphatic hydroxyl groups excluding tert-OH is 7. The summed E-state index contributed by atoms with van der Waals surface area (Å²) in [4.78, 5) is 13.0. The first-order valence-corrected chi connectivity index (χ1v) is 28.3. The zero-order valence-corrected chi connectivity index (χ0v) is 43.6. The molecular weight excluding hydrogens is 885 g/mol. The van der Waals surface area contributed by atoms with Gasteiger partial charge >= 0.3 is 5.97 Å². The van der Waals surface area contributed by atoms with Crippen molar-refractivity contribution >= 4 is 5.97 Å². The minimum absolute atomic E-state index is 0.0630. The average molecular weight is 989 g/mol. The summed E-state index contributed by atoms with van der Waals surface area (Å²) in [6, 6.07) is 0. The van der Waals surface area contributed by atoms with E-state index in [2.05, 4.69) is 26.0 Å². The van der Waals surface area contributed by atoms with Crippen LogP contribution >= 0.6 is 0 Å². The molecule has 7 N–H and O–H groups in total. The molecule has 0 aliphatic carbocycles. The van der Waals surface area contributed by atoms with Crippen molar-refractivity contribution in [1.82, 2.24) is 0 Å². The number of rotatable bonds is 46. The van der Waals surface area contributed by atoms with E-state index in [-0.39, 0.29) is 25.6 Å². The third-order valence-electron chi connectivity index (χ3n) is 13.8. The zero-order valence-electron chi connectivity index (χ0n) is 43.6. The Hall–Kier alpha value is -1.27. The van der Waals surface area contributed by atoms with Gasteiger partial charge in [-0.25, -0.2) is 0 Å². The lowest BCUT2D eigenvalue weighted by Gasteiger charge is -2.42. The summed E-state index contributed by atoms with van der Waals surface area (Å²) in [5, 5.41) is 72.2. The smallest absolute Gasteiger partial charge is 0.306 e. The molecule has 0 bridgehead atoms. The Morgan fingerprint density at radius 3 is 1.33 bits per heavy atom. The summed E-state index contributed by atoms with van der Waals surface area (Å²) >= 11 is 0. The SMILES string of the molecule is CCCCCC/C=C\CCCCCCCCOCC(COC1OC(COC2OC(CO)C(O)C(O)C2O)C(O)C(O)C1O)OC(=O)CCCCCCCCCCCCCCCCCCCCCCC. The largest absolute Gasteiger partial charge is 0.457 e. The molecule has 0 amide bonds. The number of aliphatic hydroxyl groups is 7. The van der Waals surface area contributed by atoms with Crippen LogP contribution in [0.1, 0.15) is 232 Å². The molecule has 0 spiro atoms. The first kappa shape index (κ1) is 63.8. The van der Waals surface area contributed by atoms with Gasteiger partial charge in [-0.3, -0.25) is 4.79 Å². The molecule has 2 rings (SSSR count). The van der Waals surface area contributed by atoms with Crippen molar-refractivity contribution in [3.63, 3.8) is 0 Å². The molecule has 14 heteroatoms. The minimum Gasteiger partial charge on any atom is -0.457 e. The highest BCUT2D eigenvalue weighted by Gasteiger charge is 2.47. The molecule has 2 aliphatic rings. The van der Waals surface area contributed by atoms with Crippen LogP contribution in [0.3, 0.4) is 0 Å². The number of hydrogen-bond donors (Lipinski definition) is 7. The maximum absolute atomic E-state index is 13.0. The molecule has 2 saturated heterocycles. The molecule has 2 heterocycles. The van der Waals surface area contributed by atoms with E-state index < -0.39 is 80.7 Å². The lowest BCUT2D eigenvalue weighted by Crippen LogP contribution is -2.61. The Labute approximate surface area is 418 Å². The highest BCUT2D eigenvalue weighted by atomic mass is 16.7. The van der Waals surface area contributed by atoms with Gasteiger partial charge in [0.1, 0.15) is 54.9 Å². The number of carbonyl (C=O) groups is 1. The quantitative estimate of drug-likeness (QED) is 0.0172. The van der Waals surface area contributed by atoms with Gasteiger partial charge < -0.3 is 64.2 Å². The third-order valence-corrected chi connectivity index (χ3v) is 13.8. The van der Waals surface area contributed by atoms with Gasteiger partial charge in [-0.05, 0) is 38.5 Å². The van der Waals surface area contributed by atoms with E-state index in [1.165, 1.54) is 161 Å². The molecule has 0 aromatic rings. The van der Waals surface area contributed by atoms with Crippen molar-refractivity contribution < 1.29 is 69.0 Å². The Kier molecular flexibility index (Phi) is 39.9. The van der Waals surface area contributed by atoms with Gasteiger partial charge in [-0.15, -0.1) is 0 Å². The molecule has 69 heavy (non-hydrogen) atoms. The number of esters is 1. The second-order valence-corrected chi connectivity index (χ2v) is 20.1. The summed E-state index contributed by atoms with van der Waals surface area (Å²) in [7, 11) is 0. The van der Waals surface area contributed by atoms with Crippen molar-refractivity contribution in [3.8, 4) is 0 Å². The van der Waals surface area contributed by atoms with E-state index in [0.717, 1.165) is 44.9 Å². The highest BCUT2D eigenvalue weighted by Crippen LogP contribution is 2.27. The zero-order chi connectivity index (χ0) is 50.2. The number of allylic oxidation sites excluding steroid dienone is 2. The second-order valence-electron chi connectivity index (χ2n) is 20.1. The molecule has 11 unspecified atom stereocenters. The first-order valence-electron chi connectivity index (χ1n) is 28.3. The molecule has 408 valence electrons. The van der Waals surface area contributed by atoms with Crippen LogP contribution < -0.4 is 0 Å². The molecular formula is C55H104O14. The van der Waals surface area contributed by atoms with E-state index in [1.54, 1.807) is 0 Å². The van der Waals surface area contributed by atoms with Gasteiger partial charge in [0.25, 0.3) is 0 Å². The van der Waals surface area contributed by atoms with Crippen LogP contribution in [-0.4, -0.2) is 142 Å². The van der Waals surface area contributed by atoms with E-state index in [4.69, 9.17) is 28.4 Å². The van der Waals surface area contributed by atoms with E-state index in [0.29, 0.717) is 13.0 Å². The summed E-state index contributed by atoms with van der Waals surface area (Å²) in [5.41, 5.74) is 0. The van der Waals surface area contributed by atoms with Crippen LogP contribution in [0.4, 0.5) is 0 Å². The van der Waals surface area contributed by atoms with Crippen molar-refractivity contribution in [2.45, 2.75) is 300 Å². The van der Waals surface area contributed by atoms with Crippen LogP contribution in [-0.2, 0) is 33.2 Å². The van der Waals surface area contributed by atoms with Crippen molar-refractivity contribution in [2.24, 2.45) is 0 Å². The number of ether oxygens (including phenoxy) is 6. The molecule has 0 saturated carbocycles. The molecule has 2 fully saturated rings. The maximum atomic E-state index is 13.0. The molecule has 14 nitrogen and oxygen atoms in total. The summed E-state index contributed by atoms with van der Waals surface area (Å²) < 4.78 is 34.3. The molecule has 0 aromatic heterocycles. The summed E-state index contributed by atoms with van der Waals surface area (Å²) in [5.74, 6) is -0.372. The maximum Gasteiger partial charge on any atom is 0.306 e. The van der Waals surface area contributed by atoms with Crippen LogP contribution in [0.25, 0.3) is 0 Å². The van der Waals surface area contributed by atoms with Gasteiger partial charge in [-0.1, -0.05) is 199 Å². The van der Waals surface area contributed by atoms with E-state index in [9.17, 15) is 40.5 Å². The van der Waals surface area contributed by atoms with Crippen LogP contribution in [0, 0.1) is 0 Å². The van der Waals surface area contributed by atoms with Crippen LogP contribution in [0.2, 0.25) is 0 Å². The second kappa shape index (κ2) is 43.2. The van der Waals surface area contributed by atoms with Gasteiger partial charge in [-0.2, -0.15) is 0 Å². The highest BCUT2D eigenvalue weighted by molar-refractivity contribution is 5.69. The standard InChI is InChI=1S/C55H104O14/c1-3-5-7-9-11-13-15-17-19-20-21-22-23-24-25-26-28-30-32-34-36-38-47(57)67-44(41-64-39-37-35-33-31-29-27-18-16-14-12-10-8-6-4-2)42-65-54-53(63)51(61)49(59)46(69-54)43-66-55-52(62)50(60)48(58)45(40-56)68-55/h14,16,44-46,48-56,58-63H,3-13,15,17-43H2,1-2H3/b16-14-. The predicted molar refractivity (Wildman–Crippen MR) is 271 cm³/mol. The minimum atomic E-state index is -1.70. The van der Waals surface area contributed by atoms with Crippen molar-refractivity contribution in [3.05, 3.63) is 12.2 Å². The Bertz CT molecular complexity index is 1190. The molecule has 11 atom stereocenters. The summed E-state index contributed by atoms with van der Waals surface area (Å²) in [6.45, 7) is 3.71. The molecule has 0 aromatic carbocycles. The van der Waals surface area contributed by atoms with Crippen LogP contribution in [0.5, 0.6) is 0 Å². The normalized spacial score (nSPS) is 25.7. The van der Waals surface area contributed by atoms with E-state index >= 15 is 0 Å². The predicted octanol–water partition coefficient (Wildman–Crippen LogP) is 9.41. The van der Waals surface area contributed by atoms with Gasteiger partial charge in [0.05, 0.1) is 26.4 Å². The molecule has 0 radical (unpaired) electrons. The fourth-order valence-electron chi connectivity index (χ4n) is 9.16. The number of unbranched alkanes of at least 4 members (excludes halogenated alkanes) is 30. The number of hydrogen-bond acceptors (Lipinski definition) is 14. The van der Waals surface area contributed by atoms with Crippen molar-refractivity contribution in [2.75, 3.05) is 33.0 Å². The monoisotopic (exact) mass is 989 g/mol. The van der Waals surface area contributed by atoms with Crippen LogP contribution in [0.15, 0.2) is 12.2 Å². The lowest BCUT2D eigenvalue weighted by molar-refractivity contribution is -0.332. The van der Waals surface area contributed by atoms with Gasteiger partial charge in [0, 0.05) is 13.0 Å². The Morgan fingerprint density at radius 1 is 0.464 bits per heavy atom. The number of carbonyl (C=O) groups excluding carboxylic acids is 1. The van der Waals surface area contributed by atoms with Gasteiger partial charge in [0.2, 0.25) is 0 Å². The third kappa shape index (κ3) is 30.5. The fraction of sp³-hybridized carbons (Fsp3) is 0.945. The lowest BCUT2D eigenvalue weighted by atomic mass is 9.98. The Morgan fingerprint density at radius 2 is 0.855 bits per heavy atom. The first-order chi connectivity index (χ1) is 33.6. The average Bonchev–Trinajstić information content (AvgIpc) is 3.35. The van der Waals surface area contributed by atoms with E-state index in [1.807, 2.05) is 0 Å². The topological polar surface area (TPSA) is 214 Å².